The number of nitrogens with one attached hydrogen (secondary N) is 1. The molecule has 0 aliphatic rings. The van der Waals surface area contributed by atoms with Crippen LogP contribution in [0.15, 0.2) is 18.2 Å². The smallest absolute Gasteiger partial charge is 0.250 e. The lowest BCUT2D eigenvalue weighted by molar-refractivity contribution is 0.100. The lowest BCUT2D eigenvalue weighted by atomic mass is 10.1. The fourth-order valence-corrected chi connectivity index (χ4v) is 2.42. The number of hydrogen-bond acceptors (Lipinski definition) is 3. The number of unbranched alkanes of at least 4 members (excludes halogenated alkanes) is 7. The van der Waals surface area contributed by atoms with Gasteiger partial charge in [0.2, 0.25) is 0 Å². The van der Waals surface area contributed by atoms with E-state index in [4.69, 9.17) is 11.5 Å². The normalized spacial score (nSPS) is 10.5. The van der Waals surface area contributed by atoms with Crippen LogP contribution in [0, 0.1) is 0 Å². The summed E-state index contributed by atoms with van der Waals surface area (Å²) in [5, 5.41) is 3.29. The number of hydrogen-bond donors (Lipinski definition) is 3. The summed E-state index contributed by atoms with van der Waals surface area (Å²) in [5.41, 5.74) is 12.8. The van der Waals surface area contributed by atoms with Crippen molar-refractivity contribution < 1.29 is 4.79 Å². The third-order valence-electron chi connectivity index (χ3n) is 3.72. The Morgan fingerprint density at radius 1 is 1.05 bits per heavy atom. The summed E-state index contributed by atoms with van der Waals surface area (Å²) in [5.74, 6) is -0.483. The van der Waals surface area contributed by atoms with Crippen LogP contribution in [0.3, 0.4) is 0 Å². The number of nitrogens with two attached hydrogens (primary N) is 2. The molecule has 1 aromatic carbocycles. The van der Waals surface area contributed by atoms with E-state index in [0.29, 0.717) is 11.3 Å². The molecule has 5 N–H and O–H groups in total. The Labute approximate surface area is 128 Å². The average molecular weight is 291 g/mol. The maximum Gasteiger partial charge on any atom is 0.250 e. The first-order chi connectivity index (χ1) is 10.2. The van der Waals surface area contributed by atoms with Crippen LogP contribution >= 0.6 is 0 Å². The molecule has 4 nitrogen and oxygen atoms in total. The maximum absolute atomic E-state index is 11.2. The molecule has 0 aliphatic heterocycles. The van der Waals surface area contributed by atoms with Crippen LogP contribution in [-0.2, 0) is 0 Å². The van der Waals surface area contributed by atoms with Gasteiger partial charge in [0.15, 0.2) is 0 Å². The predicted octanol–water partition coefficient (Wildman–Crippen LogP) is 3.92. The molecule has 118 valence electrons. The zero-order valence-electron chi connectivity index (χ0n) is 13.2. The number of anilines is 2. The molecule has 0 aromatic heterocycles. The Balaban J connectivity index is 2.19. The molecule has 0 heterocycles. The molecule has 1 amide bonds. The largest absolute Gasteiger partial charge is 0.396 e. The summed E-state index contributed by atoms with van der Waals surface area (Å²) in [6.07, 6.45) is 10.4. The number of carbonyl (C=O) groups excluding carboxylic acids is 1. The lowest BCUT2D eigenvalue weighted by Gasteiger charge is -2.11. The van der Waals surface area contributed by atoms with Crippen molar-refractivity contribution in [3.05, 3.63) is 23.8 Å². The van der Waals surface area contributed by atoms with E-state index in [0.717, 1.165) is 18.7 Å². The summed E-state index contributed by atoms with van der Waals surface area (Å²) in [6.45, 7) is 3.12. The molecule has 1 rings (SSSR count). The Bertz CT molecular complexity index is 432. The van der Waals surface area contributed by atoms with Gasteiger partial charge >= 0.3 is 0 Å². The first-order valence-corrected chi connectivity index (χ1v) is 8.09. The lowest BCUT2D eigenvalue weighted by Crippen LogP contribution is -2.15. The van der Waals surface area contributed by atoms with Crippen molar-refractivity contribution in [1.29, 1.82) is 0 Å². The monoisotopic (exact) mass is 291 g/mol. The van der Waals surface area contributed by atoms with E-state index in [2.05, 4.69) is 12.2 Å². The fourth-order valence-electron chi connectivity index (χ4n) is 2.42. The Kier molecular flexibility index (Phi) is 8.32. The summed E-state index contributed by atoms with van der Waals surface area (Å²) in [4.78, 5) is 11.2. The van der Waals surface area contributed by atoms with Gasteiger partial charge in [-0.3, -0.25) is 4.79 Å². The second kappa shape index (κ2) is 10.1. The van der Waals surface area contributed by atoms with Gasteiger partial charge < -0.3 is 16.8 Å². The van der Waals surface area contributed by atoms with E-state index < -0.39 is 5.91 Å². The van der Waals surface area contributed by atoms with Crippen molar-refractivity contribution in [3.8, 4) is 0 Å². The maximum atomic E-state index is 11.2. The number of benzene rings is 1. The van der Waals surface area contributed by atoms with Crippen LogP contribution in [0.25, 0.3) is 0 Å². The highest BCUT2D eigenvalue weighted by molar-refractivity contribution is 6.00. The molecule has 0 unspecified atom stereocenters. The van der Waals surface area contributed by atoms with Gasteiger partial charge in [-0.1, -0.05) is 57.9 Å². The van der Waals surface area contributed by atoms with Gasteiger partial charge in [-0.05, 0) is 18.6 Å². The SMILES string of the molecule is CCCCCCCCCCNc1cccc(C(N)=O)c1N. The topological polar surface area (TPSA) is 81.1 Å². The fraction of sp³-hybridized carbons (Fsp3) is 0.588. The molecular formula is C17H29N3O. The zero-order chi connectivity index (χ0) is 15.5. The number of amides is 1. The van der Waals surface area contributed by atoms with Crippen molar-refractivity contribution >= 4 is 17.3 Å². The molecule has 1 aromatic rings. The number of nitrogen functional groups attached to an aromatic ring is 1. The summed E-state index contributed by atoms with van der Waals surface area (Å²) < 4.78 is 0. The molecule has 0 saturated heterocycles. The molecule has 0 bridgehead atoms. The van der Waals surface area contributed by atoms with E-state index in [1.165, 1.54) is 44.9 Å². The summed E-state index contributed by atoms with van der Waals surface area (Å²) in [7, 11) is 0. The standard InChI is InChI=1S/C17H29N3O/c1-2-3-4-5-6-7-8-9-13-20-15-12-10-11-14(16(15)18)17(19)21/h10-12,20H,2-9,13,18H2,1H3,(H2,19,21). The first-order valence-electron chi connectivity index (χ1n) is 8.09. The van der Waals surface area contributed by atoms with Crippen LogP contribution in [0.1, 0.15) is 68.6 Å². The molecular weight excluding hydrogens is 262 g/mol. The molecule has 4 heteroatoms. The Morgan fingerprint density at radius 3 is 2.29 bits per heavy atom. The minimum Gasteiger partial charge on any atom is -0.396 e. The third kappa shape index (κ3) is 6.52. The molecule has 0 spiro atoms. The van der Waals surface area contributed by atoms with Gasteiger partial charge in [0.1, 0.15) is 0 Å². The third-order valence-corrected chi connectivity index (χ3v) is 3.72. The van der Waals surface area contributed by atoms with Crippen LogP contribution in [-0.4, -0.2) is 12.5 Å². The molecule has 0 aliphatic carbocycles. The van der Waals surface area contributed by atoms with Gasteiger partial charge in [0, 0.05) is 6.54 Å². The number of para-hydroxylation sites is 1. The summed E-state index contributed by atoms with van der Waals surface area (Å²) in [6, 6.07) is 5.33. The average Bonchev–Trinajstić information content (AvgIpc) is 2.46. The number of rotatable bonds is 11. The van der Waals surface area contributed by atoms with E-state index in [1.807, 2.05) is 6.07 Å². The highest BCUT2D eigenvalue weighted by Gasteiger charge is 2.08. The van der Waals surface area contributed by atoms with E-state index >= 15 is 0 Å². The van der Waals surface area contributed by atoms with Crippen LogP contribution in [0.4, 0.5) is 11.4 Å². The van der Waals surface area contributed by atoms with Crippen molar-refractivity contribution in [2.45, 2.75) is 58.3 Å². The number of carbonyl (C=O) groups is 1. The van der Waals surface area contributed by atoms with Crippen molar-refractivity contribution in [2.75, 3.05) is 17.6 Å². The van der Waals surface area contributed by atoms with E-state index in [9.17, 15) is 4.79 Å². The predicted molar refractivity (Wildman–Crippen MR) is 90.5 cm³/mol. The Morgan fingerprint density at radius 2 is 1.67 bits per heavy atom. The highest BCUT2D eigenvalue weighted by Crippen LogP contribution is 2.22. The minimum absolute atomic E-state index is 0.385. The Hall–Kier alpha value is -1.71. The quantitative estimate of drug-likeness (QED) is 0.427. The van der Waals surface area contributed by atoms with Gasteiger partial charge in [-0.2, -0.15) is 0 Å². The van der Waals surface area contributed by atoms with Crippen LogP contribution < -0.4 is 16.8 Å². The summed E-state index contributed by atoms with van der Waals surface area (Å²) >= 11 is 0. The van der Waals surface area contributed by atoms with Gasteiger partial charge in [-0.25, -0.2) is 0 Å². The second-order valence-corrected chi connectivity index (χ2v) is 5.53. The molecule has 0 atom stereocenters. The van der Waals surface area contributed by atoms with Crippen molar-refractivity contribution in [3.63, 3.8) is 0 Å². The highest BCUT2D eigenvalue weighted by atomic mass is 16.1. The molecule has 0 saturated carbocycles. The zero-order valence-corrected chi connectivity index (χ0v) is 13.2. The number of primary amides is 1. The van der Waals surface area contributed by atoms with E-state index in [-0.39, 0.29) is 0 Å². The second-order valence-electron chi connectivity index (χ2n) is 5.53. The first kappa shape index (κ1) is 17.3. The molecule has 0 radical (unpaired) electrons. The van der Waals surface area contributed by atoms with Crippen LogP contribution in [0.2, 0.25) is 0 Å². The van der Waals surface area contributed by atoms with Crippen LogP contribution in [0.5, 0.6) is 0 Å². The van der Waals surface area contributed by atoms with Gasteiger partial charge in [-0.15, -0.1) is 0 Å². The minimum atomic E-state index is -0.483. The van der Waals surface area contributed by atoms with E-state index in [1.54, 1.807) is 12.1 Å². The van der Waals surface area contributed by atoms with Gasteiger partial charge in [0.05, 0.1) is 16.9 Å². The molecule has 21 heavy (non-hydrogen) atoms. The molecule has 0 fully saturated rings. The van der Waals surface area contributed by atoms with Crippen molar-refractivity contribution in [2.24, 2.45) is 5.73 Å². The van der Waals surface area contributed by atoms with Crippen molar-refractivity contribution in [1.82, 2.24) is 0 Å². The van der Waals surface area contributed by atoms with Gasteiger partial charge in [0.25, 0.3) is 5.91 Å².